The minimum absolute atomic E-state index is 0.235. The van der Waals surface area contributed by atoms with Crippen molar-refractivity contribution in [3.63, 3.8) is 0 Å². The second kappa shape index (κ2) is 5.49. The zero-order chi connectivity index (χ0) is 11.4. The quantitative estimate of drug-likeness (QED) is 0.460. The third-order valence-electron chi connectivity index (χ3n) is 2.89. The summed E-state index contributed by atoms with van der Waals surface area (Å²) in [5.74, 6) is -1.14. The van der Waals surface area contributed by atoms with Crippen LogP contribution in [0.2, 0.25) is 13.1 Å². The fraction of sp³-hybridized carbons (Fsp3) is 0.889. The lowest BCUT2D eigenvalue weighted by atomic mass is 9.66. The van der Waals surface area contributed by atoms with Crippen LogP contribution in [0.3, 0.4) is 0 Å². The Morgan fingerprint density at radius 2 is 2.27 bits per heavy atom. The van der Waals surface area contributed by atoms with E-state index in [9.17, 15) is 9.90 Å². The maximum atomic E-state index is 10.8. The molecule has 0 aromatic rings. The van der Waals surface area contributed by atoms with Crippen molar-refractivity contribution in [3.8, 4) is 0 Å². The van der Waals surface area contributed by atoms with Crippen LogP contribution < -0.4 is 5.32 Å². The molecule has 0 saturated carbocycles. The number of aliphatic hydroxyl groups excluding tert-OH is 1. The molecule has 0 amide bonds. The molecule has 0 aromatic carbocycles. The molecule has 0 bridgehead atoms. The van der Waals surface area contributed by atoms with E-state index in [0.29, 0.717) is 19.3 Å². The van der Waals surface area contributed by atoms with Crippen LogP contribution in [0, 0.1) is 5.92 Å². The minimum Gasteiger partial charge on any atom is -0.480 e. The van der Waals surface area contributed by atoms with Gasteiger partial charge in [0.2, 0.25) is 0 Å². The van der Waals surface area contributed by atoms with Gasteiger partial charge in [-0.15, -0.1) is 0 Å². The summed E-state index contributed by atoms with van der Waals surface area (Å²) in [4.78, 5) is 10.8. The first kappa shape index (κ1) is 12.5. The lowest BCUT2D eigenvalue weighted by Crippen LogP contribution is -2.36. The first-order valence-corrected chi connectivity index (χ1v) is 5.34. The van der Waals surface area contributed by atoms with E-state index in [1.54, 1.807) is 6.82 Å². The van der Waals surface area contributed by atoms with Crippen molar-refractivity contribution in [1.29, 1.82) is 0 Å². The standard InChI is InChI=1S/C9H18BNO4/c1-10(15)4-2-3-6-7(12)5-11-8(6)9(13)14/h6-8,11-12,15H,2-5H2,1H3,(H,13,14)/t6-,7+,8+/m1/s1. The number of nitrogens with one attached hydrogen (secondary N) is 1. The summed E-state index contributed by atoms with van der Waals surface area (Å²) in [5.41, 5.74) is 0. The summed E-state index contributed by atoms with van der Waals surface area (Å²) >= 11 is 0. The molecule has 1 heterocycles. The topological polar surface area (TPSA) is 89.8 Å². The highest BCUT2D eigenvalue weighted by Gasteiger charge is 2.38. The highest BCUT2D eigenvalue weighted by Crippen LogP contribution is 2.23. The number of hydrogen-bond donors (Lipinski definition) is 4. The van der Waals surface area contributed by atoms with Crippen molar-refractivity contribution in [2.24, 2.45) is 5.92 Å². The van der Waals surface area contributed by atoms with E-state index in [-0.39, 0.29) is 12.8 Å². The van der Waals surface area contributed by atoms with Crippen molar-refractivity contribution in [2.45, 2.75) is 38.1 Å². The van der Waals surface area contributed by atoms with Gasteiger partial charge in [-0.3, -0.25) is 4.79 Å². The number of carboxylic acid groups (broad SMARTS) is 1. The lowest BCUT2D eigenvalue weighted by Gasteiger charge is -2.17. The molecule has 1 aliphatic rings. The van der Waals surface area contributed by atoms with Gasteiger partial charge < -0.3 is 20.6 Å². The molecule has 4 N–H and O–H groups in total. The van der Waals surface area contributed by atoms with Crippen LogP contribution >= 0.6 is 0 Å². The van der Waals surface area contributed by atoms with Crippen molar-refractivity contribution in [2.75, 3.05) is 6.54 Å². The molecule has 1 aliphatic heterocycles. The molecule has 0 spiro atoms. The summed E-state index contributed by atoms with van der Waals surface area (Å²) in [6.07, 6.45) is 1.44. The van der Waals surface area contributed by atoms with Crippen LogP contribution in [0.4, 0.5) is 0 Å². The van der Waals surface area contributed by atoms with Crippen molar-refractivity contribution >= 4 is 12.9 Å². The van der Waals surface area contributed by atoms with Crippen molar-refractivity contribution < 1.29 is 20.0 Å². The number of carboxylic acids is 1. The molecule has 15 heavy (non-hydrogen) atoms. The SMILES string of the molecule is CB(O)CCC[C@H]1[C@@H](C(=O)O)NC[C@@H]1O. The Morgan fingerprint density at radius 1 is 1.60 bits per heavy atom. The fourth-order valence-corrected chi connectivity index (χ4v) is 2.05. The predicted octanol–water partition coefficient (Wildman–Crippen LogP) is -0.586. The Labute approximate surface area is 89.6 Å². The molecular weight excluding hydrogens is 197 g/mol. The fourth-order valence-electron chi connectivity index (χ4n) is 2.05. The van der Waals surface area contributed by atoms with Crippen LogP contribution in [0.15, 0.2) is 0 Å². The third-order valence-corrected chi connectivity index (χ3v) is 2.89. The summed E-state index contributed by atoms with van der Waals surface area (Å²) in [6, 6.07) is -0.644. The highest BCUT2D eigenvalue weighted by atomic mass is 16.4. The van der Waals surface area contributed by atoms with Gasteiger partial charge in [0.25, 0.3) is 6.92 Å². The van der Waals surface area contributed by atoms with Gasteiger partial charge in [-0.2, -0.15) is 0 Å². The Morgan fingerprint density at radius 3 is 2.80 bits per heavy atom. The lowest BCUT2D eigenvalue weighted by molar-refractivity contribution is -0.140. The van der Waals surface area contributed by atoms with Crippen LogP contribution in [0.25, 0.3) is 0 Å². The summed E-state index contributed by atoms with van der Waals surface area (Å²) in [7, 11) is 0. The summed E-state index contributed by atoms with van der Waals surface area (Å²) < 4.78 is 0. The Bertz CT molecular complexity index is 224. The molecule has 1 saturated heterocycles. The molecular formula is C9H18BNO4. The molecule has 0 radical (unpaired) electrons. The van der Waals surface area contributed by atoms with Gasteiger partial charge >= 0.3 is 5.97 Å². The largest absolute Gasteiger partial charge is 0.480 e. The maximum Gasteiger partial charge on any atom is 0.321 e. The molecule has 5 nitrogen and oxygen atoms in total. The van der Waals surface area contributed by atoms with Gasteiger partial charge in [-0.05, 0) is 12.7 Å². The van der Waals surface area contributed by atoms with E-state index in [4.69, 9.17) is 10.1 Å². The Hall–Kier alpha value is -0.585. The first-order chi connectivity index (χ1) is 7.02. The predicted molar refractivity (Wildman–Crippen MR) is 56.8 cm³/mol. The molecule has 86 valence electrons. The van der Waals surface area contributed by atoms with Gasteiger partial charge in [0.05, 0.1) is 6.10 Å². The normalized spacial score (nSPS) is 30.5. The zero-order valence-corrected chi connectivity index (χ0v) is 8.89. The van der Waals surface area contributed by atoms with E-state index in [1.807, 2.05) is 0 Å². The average molecular weight is 215 g/mol. The number of β-amino-alcohol motifs (C(OH)–C–C–N with tert-alkyl or cyclic N) is 1. The van der Waals surface area contributed by atoms with Crippen LogP contribution in [0.1, 0.15) is 12.8 Å². The summed E-state index contributed by atoms with van der Waals surface area (Å²) in [5, 5.41) is 30.3. The molecule has 3 atom stereocenters. The second-order valence-electron chi connectivity index (χ2n) is 4.24. The van der Waals surface area contributed by atoms with Crippen LogP contribution in [0.5, 0.6) is 0 Å². The Balaban J connectivity index is 2.39. The molecule has 1 fully saturated rings. The first-order valence-electron chi connectivity index (χ1n) is 5.34. The van der Waals surface area contributed by atoms with Gasteiger partial charge in [0.1, 0.15) is 6.04 Å². The second-order valence-corrected chi connectivity index (χ2v) is 4.24. The van der Waals surface area contributed by atoms with Crippen LogP contribution in [-0.2, 0) is 4.79 Å². The average Bonchev–Trinajstić information content (AvgIpc) is 2.47. The smallest absolute Gasteiger partial charge is 0.321 e. The van der Waals surface area contributed by atoms with Crippen molar-refractivity contribution in [1.82, 2.24) is 5.32 Å². The number of hydrogen-bond acceptors (Lipinski definition) is 4. The van der Waals surface area contributed by atoms with E-state index >= 15 is 0 Å². The Kier molecular flexibility index (Phi) is 4.57. The van der Waals surface area contributed by atoms with E-state index in [0.717, 1.165) is 6.42 Å². The van der Waals surface area contributed by atoms with Crippen molar-refractivity contribution in [3.05, 3.63) is 0 Å². The zero-order valence-electron chi connectivity index (χ0n) is 8.89. The molecule has 0 aliphatic carbocycles. The number of aliphatic hydroxyl groups is 1. The van der Waals surface area contributed by atoms with E-state index in [2.05, 4.69) is 5.32 Å². The van der Waals surface area contributed by atoms with E-state index in [1.165, 1.54) is 0 Å². The third kappa shape index (κ3) is 3.48. The molecule has 6 heteroatoms. The van der Waals surface area contributed by atoms with Crippen LogP contribution in [-0.4, -0.2) is 46.8 Å². The minimum atomic E-state index is -0.909. The maximum absolute atomic E-state index is 10.8. The summed E-state index contributed by atoms with van der Waals surface area (Å²) in [6.45, 7) is 1.69. The molecule has 0 aromatic heterocycles. The van der Waals surface area contributed by atoms with Gasteiger partial charge in [-0.1, -0.05) is 13.2 Å². The molecule has 0 unspecified atom stereocenters. The highest BCUT2D eigenvalue weighted by molar-refractivity contribution is 6.48. The molecule has 1 rings (SSSR count). The monoisotopic (exact) mass is 215 g/mol. The number of aliphatic carboxylic acids is 1. The number of carbonyl (C=O) groups is 1. The van der Waals surface area contributed by atoms with E-state index < -0.39 is 18.1 Å². The number of rotatable bonds is 5. The van der Waals surface area contributed by atoms with Gasteiger partial charge in [0.15, 0.2) is 0 Å². The van der Waals surface area contributed by atoms with Gasteiger partial charge in [0, 0.05) is 12.5 Å². The van der Waals surface area contributed by atoms with Gasteiger partial charge in [-0.25, -0.2) is 0 Å².